The Morgan fingerprint density at radius 1 is 1.23 bits per heavy atom. The number of H-pyrrole nitrogens is 1. The molecule has 10 heteroatoms. The van der Waals surface area contributed by atoms with Crippen LogP contribution in [0.1, 0.15) is 0 Å². The number of anilines is 1. The number of fused-ring (bicyclic) bond motifs is 1. The second-order valence-electron chi connectivity index (χ2n) is 4.58. The molecule has 0 radical (unpaired) electrons. The largest absolute Gasteiger partial charge is 0.360 e. The van der Waals surface area contributed by atoms with Gasteiger partial charge >= 0.3 is 0 Å². The molecule has 0 saturated heterocycles. The van der Waals surface area contributed by atoms with Crippen molar-refractivity contribution >= 4 is 61.4 Å². The Morgan fingerprint density at radius 2 is 1.91 bits per heavy atom. The van der Waals surface area contributed by atoms with Crippen LogP contribution in [0, 0.1) is 0 Å². The lowest BCUT2D eigenvalue weighted by atomic mass is 10.2. The molecule has 0 unspecified atom stereocenters. The van der Waals surface area contributed by atoms with Gasteiger partial charge in [0.25, 0.3) is 10.0 Å². The molecule has 2 heterocycles. The molecule has 0 bridgehead atoms. The maximum Gasteiger partial charge on any atom is 0.264 e. The van der Waals surface area contributed by atoms with E-state index in [1.54, 1.807) is 13.1 Å². The quantitative estimate of drug-likeness (QED) is 0.729. The Kier molecular flexibility index (Phi) is 3.76. The van der Waals surface area contributed by atoms with Crippen molar-refractivity contribution in [2.45, 2.75) is 4.90 Å². The lowest BCUT2D eigenvalue weighted by Gasteiger charge is -2.05. The van der Waals surface area contributed by atoms with E-state index in [0.717, 1.165) is 0 Å². The smallest absolute Gasteiger partial charge is 0.264 e. The van der Waals surface area contributed by atoms with Crippen molar-refractivity contribution in [3.8, 4) is 0 Å². The molecule has 0 fully saturated rings. The monoisotopic (exact) mass is 378 g/mol. The van der Waals surface area contributed by atoms with E-state index in [2.05, 4.69) is 14.8 Å². The number of nitrogens with one attached hydrogen (secondary N) is 2. The zero-order valence-electron chi connectivity index (χ0n) is 11.1. The van der Waals surface area contributed by atoms with Crippen LogP contribution in [0.3, 0.4) is 0 Å². The van der Waals surface area contributed by atoms with E-state index in [0.29, 0.717) is 15.9 Å². The third kappa shape index (κ3) is 2.65. The zero-order valence-corrected chi connectivity index (χ0v) is 14.1. The number of sulfonamides is 1. The van der Waals surface area contributed by atoms with Crippen molar-refractivity contribution in [1.29, 1.82) is 0 Å². The minimum absolute atomic E-state index is 0.0426. The number of rotatable bonds is 3. The summed E-state index contributed by atoms with van der Waals surface area (Å²) >= 11 is 17.8. The van der Waals surface area contributed by atoms with Gasteiger partial charge in [-0.05, 0) is 12.1 Å². The molecule has 2 N–H and O–H groups in total. The predicted octanol–water partition coefficient (Wildman–Crippen LogP) is 3.66. The van der Waals surface area contributed by atoms with Gasteiger partial charge in [-0.25, -0.2) is 8.42 Å². The van der Waals surface area contributed by atoms with E-state index < -0.39 is 10.0 Å². The predicted molar refractivity (Wildman–Crippen MR) is 87.3 cm³/mol. The van der Waals surface area contributed by atoms with Gasteiger partial charge in [0.15, 0.2) is 5.15 Å². The Hall–Kier alpha value is -1.41. The van der Waals surface area contributed by atoms with Crippen LogP contribution < -0.4 is 4.72 Å². The van der Waals surface area contributed by atoms with Gasteiger partial charge in [-0.15, -0.1) is 0 Å². The van der Waals surface area contributed by atoms with Crippen molar-refractivity contribution in [2.24, 2.45) is 7.05 Å². The number of benzene rings is 1. The summed E-state index contributed by atoms with van der Waals surface area (Å²) in [7, 11) is -2.22. The van der Waals surface area contributed by atoms with Crippen molar-refractivity contribution < 1.29 is 8.42 Å². The molecule has 0 atom stereocenters. The topological polar surface area (TPSA) is 79.8 Å². The third-order valence-electron chi connectivity index (χ3n) is 3.00. The SMILES string of the molecule is Cn1cc(NS(=O)(=O)c2c[nH]c3cc(Cl)c(Cl)cc23)c(Cl)n1. The van der Waals surface area contributed by atoms with Gasteiger partial charge in [-0.1, -0.05) is 34.8 Å². The lowest BCUT2D eigenvalue weighted by molar-refractivity contribution is 0.602. The van der Waals surface area contributed by atoms with E-state index >= 15 is 0 Å². The van der Waals surface area contributed by atoms with E-state index in [4.69, 9.17) is 34.8 Å². The number of hydrogen-bond acceptors (Lipinski definition) is 3. The molecule has 0 aliphatic carbocycles. The third-order valence-corrected chi connectivity index (χ3v) is 5.41. The van der Waals surface area contributed by atoms with Crippen LogP contribution in [0.2, 0.25) is 15.2 Å². The molecule has 0 saturated carbocycles. The highest BCUT2D eigenvalue weighted by Gasteiger charge is 2.22. The first-order chi connectivity index (χ1) is 10.3. The van der Waals surface area contributed by atoms with Crippen LogP contribution in [0.4, 0.5) is 5.69 Å². The second-order valence-corrected chi connectivity index (χ2v) is 7.40. The highest BCUT2D eigenvalue weighted by Crippen LogP contribution is 2.32. The molecule has 3 rings (SSSR count). The molecule has 0 aliphatic rings. The minimum atomic E-state index is -3.86. The molecule has 22 heavy (non-hydrogen) atoms. The second kappa shape index (κ2) is 5.34. The van der Waals surface area contributed by atoms with Gasteiger partial charge in [0.2, 0.25) is 0 Å². The Balaban J connectivity index is 2.09. The fourth-order valence-electron chi connectivity index (χ4n) is 2.04. The number of halogens is 3. The summed E-state index contributed by atoms with van der Waals surface area (Å²) in [4.78, 5) is 2.89. The Morgan fingerprint density at radius 3 is 2.55 bits per heavy atom. The molecule has 0 aliphatic heterocycles. The van der Waals surface area contributed by atoms with E-state index in [1.165, 1.54) is 23.1 Å². The molecule has 6 nitrogen and oxygen atoms in total. The summed E-state index contributed by atoms with van der Waals surface area (Å²) in [6.45, 7) is 0. The van der Waals surface area contributed by atoms with Crippen LogP contribution in [0.5, 0.6) is 0 Å². The summed E-state index contributed by atoms with van der Waals surface area (Å²) < 4.78 is 28.9. The summed E-state index contributed by atoms with van der Waals surface area (Å²) in [6.07, 6.45) is 2.84. The fourth-order valence-corrected chi connectivity index (χ4v) is 3.86. The van der Waals surface area contributed by atoms with Crippen LogP contribution in [0.15, 0.2) is 29.4 Å². The van der Waals surface area contributed by atoms with Crippen LogP contribution in [-0.4, -0.2) is 23.2 Å². The van der Waals surface area contributed by atoms with Crippen LogP contribution in [-0.2, 0) is 17.1 Å². The van der Waals surface area contributed by atoms with Gasteiger partial charge in [-0.2, -0.15) is 5.10 Å². The van der Waals surface area contributed by atoms with Gasteiger partial charge in [-0.3, -0.25) is 9.40 Å². The maximum absolute atomic E-state index is 12.5. The number of nitrogens with zero attached hydrogens (tertiary/aromatic N) is 2. The number of aromatic amines is 1. The molecule has 0 spiro atoms. The first kappa shape index (κ1) is 15.5. The maximum atomic E-state index is 12.5. The van der Waals surface area contributed by atoms with Gasteiger partial charge in [0.1, 0.15) is 10.6 Å². The zero-order chi connectivity index (χ0) is 16.1. The molecular formula is C12H9Cl3N4O2S. The van der Waals surface area contributed by atoms with Crippen molar-refractivity contribution in [2.75, 3.05) is 4.72 Å². The van der Waals surface area contributed by atoms with Crippen LogP contribution >= 0.6 is 34.8 Å². The Labute approximate surface area is 141 Å². The average molecular weight is 380 g/mol. The summed E-state index contributed by atoms with van der Waals surface area (Å²) in [5, 5.41) is 4.97. The highest BCUT2D eigenvalue weighted by atomic mass is 35.5. The van der Waals surface area contributed by atoms with Crippen molar-refractivity contribution in [3.05, 3.63) is 39.7 Å². The highest BCUT2D eigenvalue weighted by molar-refractivity contribution is 7.93. The summed E-state index contributed by atoms with van der Waals surface area (Å²) in [5.41, 5.74) is 0.755. The standard InChI is InChI=1S/C12H9Cl3N4O2S/c1-19-5-10(12(15)17-19)18-22(20,21)11-4-16-9-3-8(14)7(13)2-6(9)11/h2-5,16,18H,1H3. The molecule has 2 aromatic heterocycles. The molecule has 116 valence electrons. The number of aromatic nitrogens is 3. The van der Waals surface area contributed by atoms with Gasteiger partial charge in [0, 0.05) is 24.1 Å². The van der Waals surface area contributed by atoms with Gasteiger partial charge in [0.05, 0.1) is 16.2 Å². The minimum Gasteiger partial charge on any atom is -0.360 e. The number of hydrogen-bond donors (Lipinski definition) is 2. The van der Waals surface area contributed by atoms with E-state index in [1.807, 2.05) is 0 Å². The van der Waals surface area contributed by atoms with E-state index in [9.17, 15) is 8.42 Å². The van der Waals surface area contributed by atoms with Crippen LogP contribution in [0.25, 0.3) is 10.9 Å². The van der Waals surface area contributed by atoms with Crippen molar-refractivity contribution in [1.82, 2.24) is 14.8 Å². The molecule has 0 amide bonds. The van der Waals surface area contributed by atoms with Gasteiger partial charge < -0.3 is 4.98 Å². The number of aryl methyl sites for hydroxylation is 1. The normalized spacial score (nSPS) is 12.0. The first-order valence-corrected chi connectivity index (χ1v) is 8.58. The Bertz CT molecular complexity index is 978. The lowest BCUT2D eigenvalue weighted by Crippen LogP contribution is -2.12. The molecular weight excluding hydrogens is 371 g/mol. The molecule has 1 aromatic carbocycles. The average Bonchev–Trinajstić information content (AvgIpc) is 2.94. The van der Waals surface area contributed by atoms with Crippen molar-refractivity contribution in [3.63, 3.8) is 0 Å². The first-order valence-electron chi connectivity index (χ1n) is 5.96. The van der Waals surface area contributed by atoms with E-state index in [-0.39, 0.29) is 20.8 Å². The fraction of sp³-hybridized carbons (Fsp3) is 0.0833. The summed E-state index contributed by atoms with van der Waals surface area (Å²) in [6, 6.07) is 3.06. The summed E-state index contributed by atoms with van der Waals surface area (Å²) in [5.74, 6) is 0. The molecule has 3 aromatic rings.